The lowest BCUT2D eigenvalue weighted by molar-refractivity contribution is -0.144. The highest BCUT2D eigenvalue weighted by molar-refractivity contribution is 5.95. The fourth-order valence-corrected chi connectivity index (χ4v) is 6.23. The van der Waals surface area contributed by atoms with Gasteiger partial charge < -0.3 is 24.5 Å². The molecule has 0 bridgehead atoms. The van der Waals surface area contributed by atoms with Gasteiger partial charge in [-0.25, -0.2) is 4.79 Å². The minimum atomic E-state index is -1.04. The molecule has 38 heavy (non-hydrogen) atoms. The number of carboxylic acids is 1. The van der Waals surface area contributed by atoms with Crippen LogP contribution in [0.15, 0.2) is 78.9 Å². The Kier molecular flexibility index (Phi) is 6.02. The summed E-state index contributed by atoms with van der Waals surface area (Å²) in [6, 6.07) is 26.0. The van der Waals surface area contributed by atoms with E-state index in [0.717, 1.165) is 16.8 Å². The summed E-state index contributed by atoms with van der Waals surface area (Å²) in [6.45, 7) is 0.815. The van der Waals surface area contributed by atoms with E-state index in [1.807, 2.05) is 59.5 Å². The minimum Gasteiger partial charge on any atom is -0.480 e. The van der Waals surface area contributed by atoms with Gasteiger partial charge in [0.2, 0.25) is 0 Å². The molecular formula is C30H29N3O5. The Balaban J connectivity index is 1.15. The van der Waals surface area contributed by atoms with E-state index >= 15 is 0 Å². The van der Waals surface area contributed by atoms with Crippen LogP contribution in [0.3, 0.4) is 0 Å². The van der Waals surface area contributed by atoms with E-state index in [-0.39, 0.29) is 37.7 Å². The summed E-state index contributed by atoms with van der Waals surface area (Å²) in [5.74, 6) is -1.26. The molecule has 3 aliphatic rings. The summed E-state index contributed by atoms with van der Waals surface area (Å²) in [5, 5.41) is 9.34. The summed E-state index contributed by atoms with van der Waals surface area (Å²) >= 11 is 0. The number of aliphatic carboxylic acids is 1. The van der Waals surface area contributed by atoms with Crippen molar-refractivity contribution in [2.24, 2.45) is 0 Å². The smallest absolute Gasteiger partial charge is 0.409 e. The molecule has 0 radical (unpaired) electrons. The zero-order valence-corrected chi connectivity index (χ0v) is 21.0. The van der Waals surface area contributed by atoms with Crippen LogP contribution in [0.1, 0.15) is 29.9 Å². The molecule has 2 saturated heterocycles. The van der Waals surface area contributed by atoms with Crippen molar-refractivity contribution >= 4 is 23.7 Å². The molecule has 1 N–H and O–H groups in total. The second-order valence-electron chi connectivity index (χ2n) is 10.1. The van der Waals surface area contributed by atoms with E-state index in [2.05, 4.69) is 24.3 Å². The molecule has 0 unspecified atom stereocenters. The van der Waals surface area contributed by atoms with Crippen LogP contribution in [0, 0.1) is 0 Å². The van der Waals surface area contributed by atoms with Gasteiger partial charge in [-0.15, -0.1) is 0 Å². The third-order valence-corrected chi connectivity index (χ3v) is 8.09. The summed E-state index contributed by atoms with van der Waals surface area (Å²) in [5.41, 5.74) is 4.66. The number of carbonyl (C=O) groups is 3. The molecule has 0 saturated carbocycles. The Hall–Kier alpha value is -4.33. The molecular weight excluding hydrogens is 482 g/mol. The maximum Gasteiger partial charge on any atom is 0.409 e. The number of carbonyl (C=O) groups excluding carboxylic acids is 2. The second-order valence-corrected chi connectivity index (χ2v) is 10.1. The van der Waals surface area contributed by atoms with Gasteiger partial charge >= 0.3 is 12.1 Å². The Labute approximate surface area is 221 Å². The maximum absolute atomic E-state index is 13.5. The first-order chi connectivity index (χ1) is 18.5. The number of carboxylic acid groups (broad SMARTS) is 1. The third-order valence-electron chi connectivity index (χ3n) is 8.09. The number of hydrogen-bond acceptors (Lipinski definition) is 5. The van der Waals surface area contributed by atoms with Crippen LogP contribution >= 0.6 is 0 Å². The number of anilines is 1. The molecule has 0 aromatic heterocycles. The number of benzene rings is 3. The average Bonchev–Trinajstić information content (AvgIpc) is 3.40. The molecule has 8 nitrogen and oxygen atoms in total. The van der Waals surface area contributed by atoms with Crippen LogP contribution in [0.5, 0.6) is 0 Å². The summed E-state index contributed by atoms with van der Waals surface area (Å²) < 4.78 is 5.84. The topological polar surface area (TPSA) is 90.4 Å². The van der Waals surface area contributed by atoms with Gasteiger partial charge in [-0.3, -0.25) is 9.59 Å². The Morgan fingerprint density at radius 1 is 0.868 bits per heavy atom. The predicted molar refractivity (Wildman–Crippen MR) is 142 cm³/mol. The van der Waals surface area contributed by atoms with Gasteiger partial charge in [-0.2, -0.15) is 0 Å². The van der Waals surface area contributed by atoms with E-state index in [1.54, 1.807) is 4.90 Å². The van der Waals surface area contributed by atoms with Gasteiger partial charge in [0.25, 0.3) is 5.91 Å². The molecule has 3 aromatic carbocycles. The zero-order valence-electron chi connectivity index (χ0n) is 21.0. The third kappa shape index (κ3) is 3.97. The Bertz CT molecular complexity index is 1340. The number of piperidine rings is 1. The molecule has 6 rings (SSSR count). The van der Waals surface area contributed by atoms with Crippen LogP contribution < -0.4 is 4.90 Å². The van der Waals surface area contributed by atoms with Gasteiger partial charge in [0.1, 0.15) is 18.7 Å². The van der Waals surface area contributed by atoms with Crippen molar-refractivity contribution < 1.29 is 24.2 Å². The van der Waals surface area contributed by atoms with Crippen LogP contribution in [0.25, 0.3) is 11.1 Å². The van der Waals surface area contributed by atoms with E-state index in [1.165, 1.54) is 16.0 Å². The predicted octanol–water partition coefficient (Wildman–Crippen LogP) is 4.16. The van der Waals surface area contributed by atoms with Gasteiger partial charge in [0.05, 0.1) is 6.67 Å². The molecule has 2 heterocycles. The van der Waals surface area contributed by atoms with Gasteiger partial charge in [-0.05, 0) is 47.2 Å². The highest BCUT2D eigenvalue weighted by Gasteiger charge is 2.54. The van der Waals surface area contributed by atoms with Crippen LogP contribution in [0.2, 0.25) is 0 Å². The lowest BCUT2D eigenvalue weighted by Gasteiger charge is -2.43. The number of nitrogens with zero attached hydrogens (tertiary/aromatic N) is 3. The van der Waals surface area contributed by atoms with Crippen molar-refractivity contribution in [1.29, 1.82) is 0 Å². The molecule has 2 fully saturated rings. The van der Waals surface area contributed by atoms with Crippen molar-refractivity contribution in [2.75, 3.05) is 37.8 Å². The van der Waals surface area contributed by atoms with Crippen LogP contribution in [-0.4, -0.2) is 71.3 Å². The van der Waals surface area contributed by atoms with E-state index < -0.39 is 11.5 Å². The van der Waals surface area contributed by atoms with Crippen molar-refractivity contribution in [3.05, 3.63) is 90.0 Å². The summed E-state index contributed by atoms with van der Waals surface area (Å²) in [4.78, 5) is 43.1. The van der Waals surface area contributed by atoms with E-state index in [9.17, 15) is 19.5 Å². The van der Waals surface area contributed by atoms with Crippen molar-refractivity contribution in [3.8, 4) is 11.1 Å². The van der Waals surface area contributed by atoms with E-state index in [0.29, 0.717) is 25.9 Å². The van der Waals surface area contributed by atoms with Crippen LogP contribution in [0.4, 0.5) is 10.5 Å². The first kappa shape index (κ1) is 24.0. The molecule has 0 atom stereocenters. The second kappa shape index (κ2) is 9.52. The standard InChI is InChI=1S/C30H29N3O5/c34-27(35)18-32-20-33(21-8-2-1-3-9-21)30(28(32)36)14-16-31(17-15-30)29(37)38-19-26-24-12-6-4-10-22(24)23-11-5-7-13-25(23)26/h1-13,26H,14-20H2,(H,34,35). The molecule has 3 aromatic rings. The van der Waals surface area contributed by atoms with Crippen molar-refractivity contribution in [1.82, 2.24) is 9.80 Å². The lowest BCUT2D eigenvalue weighted by Crippen LogP contribution is -2.57. The van der Waals surface area contributed by atoms with Crippen molar-refractivity contribution in [2.45, 2.75) is 24.3 Å². The SMILES string of the molecule is O=C(O)CN1CN(c2ccccc2)C2(CCN(C(=O)OCC3c4ccccc4-c4ccccc43)CC2)C1=O. The van der Waals surface area contributed by atoms with Gasteiger partial charge in [0.15, 0.2) is 0 Å². The number of para-hydroxylation sites is 1. The normalized spacial score (nSPS) is 18.0. The molecule has 1 spiro atoms. The van der Waals surface area contributed by atoms with E-state index in [4.69, 9.17) is 4.74 Å². The molecule has 2 aliphatic heterocycles. The van der Waals surface area contributed by atoms with Gasteiger partial charge in [0, 0.05) is 24.7 Å². The monoisotopic (exact) mass is 511 g/mol. The maximum atomic E-state index is 13.5. The quantitative estimate of drug-likeness (QED) is 0.553. The highest BCUT2D eigenvalue weighted by atomic mass is 16.6. The van der Waals surface area contributed by atoms with Crippen LogP contribution in [-0.2, 0) is 14.3 Å². The first-order valence-electron chi connectivity index (χ1n) is 12.9. The largest absolute Gasteiger partial charge is 0.480 e. The first-order valence-corrected chi connectivity index (χ1v) is 12.9. The zero-order chi connectivity index (χ0) is 26.3. The number of rotatable bonds is 5. The summed E-state index contributed by atoms with van der Waals surface area (Å²) in [7, 11) is 0. The highest BCUT2D eigenvalue weighted by Crippen LogP contribution is 2.45. The summed E-state index contributed by atoms with van der Waals surface area (Å²) in [6.07, 6.45) is 0.419. The molecule has 1 aliphatic carbocycles. The molecule has 8 heteroatoms. The Morgan fingerprint density at radius 3 is 2.05 bits per heavy atom. The number of fused-ring (bicyclic) bond motifs is 3. The number of hydrogen-bond donors (Lipinski definition) is 1. The number of likely N-dealkylation sites (tertiary alicyclic amines) is 1. The Morgan fingerprint density at radius 2 is 1.45 bits per heavy atom. The number of amides is 2. The fraction of sp³-hybridized carbons (Fsp3) is 0.300. The lowest BCUT2D eigenvalue weighted by atomic mass is 9.85. The average molecular weight is 512 g/mol. The van der Waals surface area contributed by atoms with Crippen molar-refractivity contribution in [3.63, 3.8) is 0 Å². The minimum absolute atomic E-state index is 0.0166. The number of ether oxygens (including phenoxy) is 1. The fourth-order valence-electron chi connectivity index (χ4n) is 6.23. The molecule has 194 valence electrons. The van der Waals surface area contributed by atoms with Gasteiger partial charge in [-0.1, -0.05) is 66.7 Å². The molecule has 2 amide bonds.